The molecule has 1 heterocycles. The highest BCUT2D eigenvalue weighted by molar-refractivity contribution is 5.79. The van der Waals surface area contributed by atoms with Gasteiger partial charge in [-0.3, -0.25) is 4.79 Å². The number of ether oxygens (including phenoxy) is 1. The minimum absolute atomic E-state index is 0.0356. The van der Waals surface area contributed by atoms with Crippen LogP contribution in [0.1, 0.15) is 39.4 Å². The Balaban J connectivity index is 2.68. The van der Waals surface area contributed by atoms with Crippen LogP contribution < -0.4 is 5.32 Å². The molecule has 1 rings (SSSR count). The second kappa shape index (κ2) is 6.60. The first-order valence-electron chi connectivity index (χ1n) is 6.80. The zero-order valence-electron chi connectivity index (χ0n) is 13.5. The average Bonchev–Trinajstić information content (AvgIpc) is 2.80. The molecule has 0 radical (unpaired) electrons. The number of nitrogens with one attached hydrogen (secondary N) is 1. The van der Waals surface area contributed by atoms with E-state index in [0.29, 0.717) is 0 Å². The van der Waals surface area contributed by atoms with Crippen LogP contribution >= 0.6 is 0 Å². The third-order valence-corrected chi connectivity index (χ3v) is 2.77. The first kappa shape index (κ1) is 17.0. The molecule has 21 heavy (non-hydrogen) atoms. The fourth-order valence-electron chi connectivity index (χ4n) is 1.79. The van der Waals surface area contributed by atoms with E-state index in [1.165, 1.54) is 4.90 Å². The minimum Gasteiger partial charge on any atom is -0.444 e. The Morgan fingerprint density at radius 2 is 2.05 bits per heavy atom. The van der Waals surface area contributed by atoms with Crippen molar-refractivity contribution in [1.29, 1.82) is 0 Å². The summed E-state index contributed by atoms with van der Waals surface area (Å²) >= 11 is 0. The van der Waals surface area contributed by atoms with Gasteiger partial charge in [-0.25, -0.2) is 9.78 Å². The van der Waals surface area contributed by atoms with Gasteiger partial charge in [0, 0.05) is 20.3 Å². The minimum atomic E-state index is -0.543. The average molecular weight is 296 g/mol. The maximum absolute atomic E-state index is 12.0. The molecule has 1 aromatic heterocycles. The molecular formula is C14H24N4O3. The third kappa shape index (κ3) is 5.09. The summed E-state index contributed by atoms with van der Waals surface area (Å²) in [5, 5.41) is 2.66. The van der Waals surface area contributed by atoms with Gasteiger partial charge in [-0.2, -0.15) is 0 Å². The molecule has 7 nitrogen and oxygen atoms in total. The Kier molecular flexibility index (Phi) is 5.34. The molecule has 0 spiro atoms. The first-order chi connectivity index (χ1) is 9.61. The van der Waals surface area contributed by atoms with E-state index in [1.54, 1.807) is 58.9 Å². The molecule has 0 fully saturated rings. The van der Waals surface area contributed by atoms with Gasteiger partial charge in [0.25, 0.3) is 0 Å². The zero-order chi connectivity index (χ0) is 16.2. The molecular weight excluding hydrogens is 272 g/mol. The Hall–Kier alpha value is -2.05. The molecule has 7 heteroatoms. The fraction of sp³-hybridized carbons (Fsp3) is 0.643. The molecule has 1 N–H and O–H groups in total. The third-order valence-electron chi connectivity index (χ3n) is 2.77. The monoisotopic (exact) mass is 296 g/mol. The number of imidazole rings is 1. The molecule has 2 amide bonds. The molecule has 0 aromatic carbocycles. The molecule has 1 atom stereocenters. The van der Waals surface area contributed by atoms with Gasteiger partial charge in [0.15, 0.2) is 0 Å². The Labute approximate surface area is 125 Å². The van der Waals surface area contributed by atoms with E-state index in [1.807, 2.05) is 0 Å². The number of likely N-dealkylation sites (N-methyl/N-ethyl adjacent to an activating group) is 1. The van der Waals surface area contributed by atoms with Gasteiger partial charge in [-0.1, -0.05) is 0 Å². The van der Waals surface area contributed by atoms with Crippen molar-refractivity contribution in [2.24, 2.45) is 0 Å². The largest absolute Gasteiger partial charge is 0.444 e. The Bertz CT molecular complexity index is 503. The molecule has 0 aliphatic carbocycles. The lowest BCUT2D eigenvalue weighted by Gasteiger charge is -2.21. The first-order valence-corrected chi connectivity index (χ1v) is 6.80. The number of hydrogen-bond donors (Lipinski definition) is 1. The fourth-order valence-corrected chi connectivity index (χ4v) is 1.79. The lowest BCUT2D eigenvalue weighted by atomic mass is 10.2. The van der Waals surface area contributed by atoms with Crippen molar-refractivity contribution in [1.82, 2.24) is 19.8 Å². The number of rotatable bonds is 4. The molecule has 0 aliphatic rings. The summed E-state index contributed by atoms with van der Waals surface area (Å²) in [6.07, 6.45) is 2.71. The van der Waals surface area contributed by atoms with Gasteiger partial charge in [-0.15, -0.1) is 0 Å². The van der Waals surface area contributed by atoms with Crippen molar-refractivity contribution in [2.75, 3.05) is 14.1 Å². The number of carbonyl (C=O) groups excluding carboxylic acids is 2. The Morgan fingerprint density at radius 1 is 1.43 bits per heavy atom. The highest BCUT2D eigenvalue weighted by atomic mass is 16.6. The molecule has 0 saturated heterocycles. The molecule has 1 unspecified atom stereocenters. The lowest BCUT2D eigenvalue weighted by molar-refractivity contribution is -0.131. The standard InChI is InChI=1S/C14H24N4O3/c1-10(12(19)17(5)6)18-9-15-7-11(18)8-16-13(20)21-14(2,3)4/h7,9-10H,8H2,1-6H3,(H,16,20). The summed E-state index contributed by atoms with van der Waals surface area (Å²) in [6, 6.07) is -0.377. The van der Waals surface area contributed by atoms with E-state index in [4.69, 9.17) is 4.74 Å². The van der Waals surface area contributed by atoms with Crippen LogP contribution in [-0.2, 0) is 16.1 Å². The maximum atomic E-state index is 12.0. The van der Waals surface area contributed by atoms with Crippen LogP contribution in [0.2, 0.25) is 0 Å². The van der Waals surface area contributed by atoms with Crippen LogP contribution in [0.3, 0.4) is 0 Å². The van der Waals surface area contributed by atoms with Crippen LogP contribution in [0.4, 0.5) is 4.79 Å². The molecule has 0 bridgehead atoms. The van der Waals surface area contributed by atoms with Crippen LogP contribution in [0.25, 0.3) is 0 Å². The number of nitrogens with zero attached hydrogens (tertiary/aromatic N) is 3. The van der Waals surface area contributed by atoms with Crippen LogP contribution in [-0.4, -0.2) is 46.1 Å². The summed E-state index contributed by atoms with van der Waals surface area (Å²) in [7, 11) is 3.41. The lowest BCUT2D eigenvalue weighted by Crippen LogP contribution is -2.34. The van der Waals surface area contributed by atoms with E-state index in [2.05, 4.69) is 10.3 Å². The van der Waals surface area contributed by atoms with E-state index < -0.39 is 11.7 Å². The van der Waals surface area contributed by atoms with Crippen molar-refractivity contribution in [3.8, 4) is 0 Å². The summed E-state index contributed by atoms with van der Waals surface area (Å²) in [5.74, 6) is -0.0356. The highest BCUT2D eigenvalue weighted by Crippen LogP contribution is 2.12. The van der Waals surface area contributed by atoms with E-state index in [9.17, 15) is 9.59 Å². The van der Waals surface area contributed by atoms with Gasteiger partial charge in [-0.05, 0) is 27.7 Å². The second-order valence-corrected chi connectivity index (χ2v) is 6.06. The molecule has 0 aliphatic heterocycles. The van der Waals surface area contributed by atoms with Crippen LogP contribution in [0, 0.1) is 0 Å². The van der Waals surface area contributed by atoms with Gasteiger partial charge in [0.05, 0.1) is 18.6 Å². The van der Waals surface area contributed by atoms with Gasteiger partial charge in [0.2, 0.25) is 5.91 Å². The number of hydrogen-bond acceptors (Lipinski definition) is 4. The Morgan fingerprint density at radius 3 is 2.57 bits per heavy atom. The molecule has 118 valence electrons. The summed E-state index contributed by atoms with van der Waals surface area (Å²) in [4.78, 5) is 29.2. The van der Waals surface area contributed by atoms with Gasteiger partial charge < -0.3 is 19.5 Å². The van der Waals surface area contributed by atoms with E-state index in [0.717, 1.165) is 5.69 Å². The van der Waals surface area contributed by atoms with Gasteiger partial charge in [0.1, 0.15) is 11.6 Å². The SMILES string of the molecule is CC(C(=O)N(C)C)n1cncc1CNC(=O)OC(C)(C)C. The summed E-state index contributed by atoms with van der Waals surface area (Å²) in [6.45, 7) is 7.44. The molecule has 0 saturated carbocycles. The smallest absolute Gasteiger partial charge is 0.407 e. The number of carbonyl (C=O) groups is 2. The van der Waals surface area contributed by atoms with Crippen molar-refractivity contribution in [3.05, 3.63) is 18.2 Å². The van der Waals surface area contributed by atoms with Crippen molar-refractivity contribution < 1.29 is 14.3 Å². The van der Waals surface area contributed by atoms with Crippen molar-refractivity contribution in [2.45, 2.75) is 45.9 Å². The van der Waals surface area contributed by atoms with Gasteiger partial charge >= 0.3 is 6.09 Å². The van der Waals surface area contributed by atoms with E-state index in [-0.39, 0.29) is 18.5 Å². The number of aromatic nitrogens is 2. The van der Waals surface area contributed by atoms with Crippen molar-refractivity contribution >= 4 is 12.0 Å². The number of amides is 2. The topological polar surface area (TPSA) is 76.5 Å². The van der Waals surface area contributed by atoms with Crippen molar-refractivity contribution in [3.63, 3.8) is 0 Å². The van der Waals surface area contributed by atoms with Crippen LogP contribution in [0.15, 0.2) is 12.5 Å². The van der Waals surface area contributed by atoms with E-state index >= 15 is 0 Å². The quantitative estimate of drug-likeness (QED) is 0.914. The zero-order valence-corrected chi connectivity index (χ0v) is 13.5. The number of alkyl carbamates (subject to hydrolysis) is 1. The summed E-state index contributed by atoms with van der Waals surface area (Å²) in [5.41, 5.74) is 0.196. The summed E-state index contributed by atoms with van der Waals surface area (Å²) < 4.78 is 6.90. The normalized spacial score (nSPS) is 12.7. The maximum Gasteiger partial charge on any atom is 0.407 e. The van der Waals surface area contributed by atoms with Crippen LogP contribution in [0.5, 0.6) is 0 Å². The second-order valence-electron chi connectivity index (χ2n) is 6.06. The predicted molar refractivity (Wildman–Crippen MR) is 78.7 cm³/mol. The highest BCUT2D eigenvalue weighted by Gasteiger charge is 2.20. The molecule has 1 aromatic rings. The predicted octanol–water partition coefficient (Wildman–Crippen LogP) is 1.56.